The Morgan fingerprint density at radius 1 is 1.37 bits per heavy atom. The van der Waals surface area contributed by atoms with Gasteiger partial charge in [-0.3, -0.25) is 0 Å². The Morgan fingerprint density at radius 2 is 2.16 bits per heavy atom. The van der Waals surface area contributed by atoms with Crippen molar-refractivity contribution in [3.8, 4) is 0 Å². The Balaban J connectivity index is 1.94. The third kappa shape index (κ3) is 3.20. The monoisotopic (exact) mass is 284 g/mol. The third-order valence-electron chi connectivity index (χ3n) is 5.59. The van der Waals surface area contributed by atoms with Gasteiger partial charge in [0.05, 0.1) is 12.7 Å². The summed E-state index contributed by atoms with van der Waals surface area (Å²) >= 11 is 4.09. The predicted molar refractivity (Wildman–Crippen MR) is 82.3 cm³/mol. The minimum absolute atomic E-state index is 0.370. The Hall–Kier alpha value is 0.01000. The van der Waals surface area contributed by atoms with Crippen LogP contribution in [0.25, 0.3) is 0 Å². The molecule has 0 aromatic carbocycles. The molecule has 0 amide bonds. The summed E-state index contributed by atoms with van der Waals surface area (Å²) in [7, 11) is 1.74. The quantitative estimate of drug-likeness (QED) is 0.442. The highest BCUT2D eigenvalue weighted by atomic mass is 32.1. The van der Waals surface area contributed by atoms with E-state index < -0.39 is 0 Å². The molecule has 0 spiro atoms. The van der Waals surface area contributed by atoms with Crippen LogP contribution < -0.4 is 0 Å². The second-order valence-electron chi connectivity index (χ2n) is 6.64. The topological polar surface area (TPSA) is 18.5 Å². The Labute approximate surface area is 123 Å². The molecule has 0 aliphatic heterocycles. The first kappa shape index (κ1) is 15.4. The molecule has 0 heterocycles. The minimum Gasteiger partial charge on any atom is -0.380 e. The van der Waals surface area contributed by atoms with Crippen molar-refractivity contribution < 1.29 is 8.92 Å². The average Bonchev–Trinajstić information content (AvgIpc) is 2.73. The maximum absolute atomic E-state index is 5.44. The fourth-order valence-electron chi connectivity index (χ4n) is 4.48. The maximum Gasteiger partial charge on any atom is 0.0752 e. The number of hydrogen-bond acceptors (Lipinski definition) is 3. The van der Waals surface area contributed by atoms with Gasteiger partial charge in [-0.2, -0.15) is 0 Å². The average molecular weight is 284 g/mol. The standard InChI is InChI=1S/C16H28O2S/c1-12(11-17-3)6-7-13-8-9-14-15(18-19)5-4-10-16(13,14)2/h13-15,19H,1,4-11H2,2-3H3/t13-,14-,15?,16?/m0/s1. The molecule has 0 aromatic heterocycles. The summed E-state index contributed by atoms with van der Waals surface area (Å²) in [4.78, 5) is 0. The van der Waals surface area contributed by atoms with Crippen molar-refractivity contribution in [3.05, 3.63) is 12.2 Å². The van der Waals surface area contributed by atoms with E-state index in [-0.39, 0.29) is 0 Å². The van der Waals surface area contributed by atoms with Gasteiger partial charge in [-0.1, -0.05) is 25.5 Å². The fraction of sp³-hybridized carbons (Fsp3) is 0.875. The van der Waals surface area contributed by atoms with E-state index in [1.807, 2.05) is 0 Å². The zero-order chi connectivity index (χ0) is 13.9. The van der Waals surface area contributed by atoms with Crippen LogP contribution in [0.3, 0.4) is 0 Å². The summed E-state index contributed by atoms with van der Waals surface area (Å²) < 4.78 is 10.6. The molecule has 0 saturated heterocycles. The molecule has 2 nitrogen and oxygen atoms in total. The summed E-state index contributed by atoms with van der Waals surface area (Å²) in [6.07, 6.45) is 9.21. The number of ether oxygens (including phenoxy) is 1. The Kier molecular flexibility index (Phi) is 5.38. The number of fused-ring (bicyclic) bond motifs is 1. The lowest BCUT2D eigenvalue weighted by Crippen LogP contribution is -2.40. The highest BCUT2D eigenvalue weighted by molar-refractivity contribution is 7.75. The van der Waals surface area contributed by atoms with E-state index in [1.54, 1.807) is 7.11 Å². The first-order valence-electron chi connectivity index (χ1n) is 7.57. The van der Waals surface area contributed by atoms with Gasteiger partial charge in [0.25, 0.3) is 0 Å². The van der Waals surface area contributed by atoms with E-state index in [2.05, 4.69) is 26.4 Å². The molecule has 0 aromatic rings. The van der Waals surface area contributed by atoms with Crippen molar-refractivity contribution in [3.63, 3.8) is 0 Å². The van der Waals surface area contributed by atoms with Gasteiger partial charge in [0.1, 0.15) is 0 Å². The van der Waals surface area contributed by atoms with E-state index in [0.717, 1.165) is 12.3 Å². The summed E-state index contributed by atoms with van der Waals surface area (Å²) in [5, 5.41) is 0. The smallest absolute Gasteiger partial charge is 0.0752 e. The lowest BCUT2D eigenvalue weighted by molar-refractivity contribution is 0.00687. The lowest BCUT2D eigenvalue weighted by atomic mass is 9.63. The van der Waals surface area contributed by atoms with Crippen molar-refractivity contribution in [1.82, 2.24) is 0 Å². The normalized spacial score (nSPS) is 38.2. The number of rotatable bonds is 6. The van der Waals surface area contributed by atoms with Crippen LogP contribution in [-0.2, 0) is 8.92 Å². The van der Waals surface area contributed by atoms with Crippen LogP contribution in [0, 0.1) is 17.3 Å². The van der Waals surface area contributed by atoms with Gasteiger partial charge in [0, 0.05) is 7.11 Å². The van der Waals surface area contributed by atoms with Gasteiger partial charge >= 0.3 is 0 Å². The Morgan fingerprint density at radius 3 is 2.84 bits per heavy atom. The zero-order valence-electron chi connectivity index (χ0n) is 12.4. The van der Waals surface area contributed by atoms with Gasteiger partial charge in [0.15, 0.2) is 0 Å². The van der Waals surface area contributed by atoms with Crippen LogP contribution in [0.5, 0.6) is 0 Å². The molecule has 2 fully saturated rings. The van der Waals surface area contributed by atoms with E-state index in [0.29, 0.717) is 24.0 Å². The van der Waals surface area contributed by atoms with Crippen LogP contribution in [0.1, 0.15) is 51.9 Å². The van der Waals surface area contributed by atoms with E-state index >= 15 is 0 Å². The molecule has 2 aliphatic rings. The molecule has 3 heteroatoms. The molecule has 2 aliphatic carbocycles. The second kappa shape index (κ2) is 6.64. The summed E-state index contributed by atoms with van der Waals surface area (Å²) in [5.41, 5.74) is 1.69. The van der Waals surface area contributed by atoms with Crippen molar-refractivity contribution in [2.45, 2.75) is 58.0 Å². The van der Waals surface area contributed by atoms with E-state index in [9.17, 15) is 0 Å². The van der Waals surface area contributed by atoms with Crippen molar-refractivity contribution in [1.29, 1.82) is 0 Å². The fourth-order valence-corrected chi connectivity index (χ4v) is 4.74. The largest absolute Gasteiger partial charge is 0.380 e. The molecule has 110 valence electrons. The second-order valence-corrected chi connectivity index (χ2v) is 6.86. The van der Waals surface area contributed by atoms with Gasteiger partial charge in [-0.05, 0) is 68.7 Å². The van der Waals surface area contributed by atoms with Crippen LogP contribution in [0.2, 0.25) is 0 Å². The summed E-state index contributed by atoms with van der Waals surface area (Å²) in [6, 6.07) is 0. The molecule has 19 heavy (non-hydrogen) atoms. The molecule has 0 radical (unpaired) electrons. The highest BCUT2D eigenvalue weighted by Gasteiger charge is 2.51. The molecular weight excluding hydrogens is 256 g/mol. The van der Waals surface area contributed by atoms with Crippen molar-refractivity contribution in [2.24, 2.45) is 17.3 Å². The zero-order valence-corrected chi connectivity index (χ0v) is 13.3. The van der Waals surface area contributed by atoms with Crippen molar-refractivity contribution >= 4 is 12.9 Å². The van der Waals surface area contributed by atoms with E-state index in [1.165, 1.54) is 44.1 Å². The molecule has 0 bridgehead atoms. The predicted octanol–water partition coefficient (Wildman–Crippen LogP) is 4.42. The molecule has 0 N–H and O–H groups in total. The van der Waals surface area contributed by atoms with Crippen LogP contribution in [0.15, 0.2) is 12.2 Å². The third-order valence-corrected chi connectivity index (χ3v) is 5.86. The Bertz CT molecular complexity index is 318. The molecule has 2 rings (SSSR count). The molecule has 4 atom stereocenters. The molecule has 2 saturated carbocycles. The van der Waals surface area contributed by atoms with Crippen LogP contribution >= 0.6 is 12.9 Å². The number of hydrogen-bond donors (Lipinski definition) is 1. The number of thiol groups is 1. The van der Waals surface area contributed by atoms with Crippen LogP contribution in [-0.4, -0.2) is 19.8 Å². The van der Waals surface area contributed by atoms with Crippen molar-refractivity contribution in [2.75, 3.05) is 13.7 Å². The summed E-state index contributed by atoms with van der Waals surface area (Å²) in [5.74, 6) is 1.52. The van der Waals surface area contributed by atoms with Gasteiger partial charge < -0.3 is 8.92 Å². The minimum atomic E-state index is 0.370. The highest BCUT2D eigenvalue weighted by Crippen LogP contribution is 2.57. The van der Waals surface area contributed by atoms with Gasteiger partial charge in [-0.15, -0.1) is 0 Å². The first-order chi connectivity index (χ1) is 9.11. The molecule has 2 unspecified atom stereocenters. The molecular formula is C16H28O2S. The van der Waals surface area contributed by atoms with Crippen LogP contribution in [0.4, 0.5) is 0 Å². The summed E-state index contributed by atoms with van der Waals surface area (Å²) in [6.45, 7) is 7.28. The number of methoxy groups -OCH3 is 1. The van der Waals surface area contributed by atoms with Gasteiger partial charge in [0.2, 0.25) is 0 Å². The SMILES string of the molecule is C=C(CC[C@H]1CC[C@H]2C(OS)CCCC12C)COC. The first-order valence-corrected chi connectivity index (χ1v) is 7.94. The maximum atomic E-state index is 5.44. The lowest BCUT2D eigenvalue weighted by Gasteiger charge is -2.44. The van der Waals surface area contributed by atoms with E-state index in [4.69, 9.17) is 8.92 Å². The van der Waals surface area contributed by atoms with Gasteiger partial charge in [-0.25, -0.2) is 0 Å².